The summed E-state index contributed by atoms with van der Waals surface area (Å²) >= 11 is 6.34. The second-order valence-electron chi connectivity index (χ2n) is 7.85. The summed E-state index contributed by atoms with van der Waals surface area (Å²) in [7, 11) is 0. The van der Waals surface area contributed by atoms with Crippen molar-refractivity contribution in [1.82, 2.24) is 14.5 Å². The fourth-order valence-corrected chi connectivity index (χ4v) is 4.30. The number of carbonyl (C=O) groups excluding carboxylic acids is 1. The number of rotatable bonds is 6. The van der Waals surface area contributed by atoms with Gasteiger partial charge in [0.05, 0.1) is 26.2 Å². The molecule has 1 aromatic carbocycles. The van der Waals surface area contributed by atoms with Crippen molar-refractivity contribution in [2.45, 2.75) is 20.4 Å². The van der Waals surface area contributed by atoms with E-state index in [-0.39, 0.29) is 5.78 Å². The van der Waals surface area contributed by atoms with E-state index < -0.39 is 0 Å². The first-order valence-corrected chi connectivity index (χ1v) is 10.7. The predicted molar refractivity (Wildman–Crippen MR) is 119 cm³/mol. The molecule has 0 spiro atoms. The number of anilines is 1. The molecule has 0 aliphatic carbocycles. The lowest BCUT2D eigenvalue weighted by Crippen LogP contribution is -3.15. The van der Waals surface area contributed by atoms with Crippen molar-refractivity contribution in [2.75, 3.05) is 37.6 Å². The topological polar surface area (TPSA) is 55.5 Å². The fourth-order valence-electron chi connectivity index (χ4n) is 4.10. The van der Waals surface area contributed by atoms with E-state index in [1.165, 1.54) is 4.90 Å². The van der Waals surface area contributed by atoms with E-state index in [0.29, 0.717) is 13.1 Å². The van der Waals surface area contributed by atoms with Gasteiger partial charge in [-0.15, -0.1) is 0 Å². The Hall–Kier alpha value is -2.70. The first kappa shape index (κ1) is 20.6. The average Bonchev–Trinajstić information content (AvgIpc) is 3.05. The van der Waals surface area contributed by atoms with Crippen LogP contribution in [0.1, 0.15) is 27.3 Å². The van der Waals surface area contributed by atoms with Crippen molar-refractivity contribution < 1.29 is 9.69 Å². The fraction of sp³-hybridized carbons (Fsp3) is 0.348. The third kappa shape index (κ3) is 4.40. The Morgan fingerprint density at radius 3 is 2.50 bits per heavy atom. The number of ketones is 1. The molecular weight excluding hydrogens is 398 g/mol. The van der Waals surface area contributed by atoms with Gasteiger partial charge in [0.15, 0.2) is 0 Å². The summed E-state index contributed by atoms with van der Waals surface area (Å²) in [5, 5.41) is 0.752. The van der Waals surface area contributed by atoms with E-state index >= 15 is 0 Å². The summed E-state index contributed by atoms with van der Waals surface area (Å²) in [5.74, 6) is 0.971. The maximum absolute atomic E-state index is 13.1. The Morgan fingerprint density at radius 1 is 1.10 bits per heavy atom. The quantitative estimate of drug-likeness (QED) is 0.616. The standard InChI is InChI=1S/C23H26ClN5O/c1-17-14-20(18(2)29(17)15-19-6-3-4-7-21(19)24)22(30)16-27-10-12-28(13-11-27)23-25-8-5-9-26-23/h3-9,14H,10-13,15-16H2,1-2H3/p+1. The minimum atomic E-state index is 0.202. The number of carbonyl (C=O) groups is 1. The molecule has 1 saturated heterocycles. The number of Topliss-reactive ketones (excluding diaryl/α,β-unsaturated/α-hetero) is 1. The van der Waals surface area contributed by atoms with Gasteiger partial charge in [0.1, 0.15) is 6.54 Å². The first-order valence-electron chi connectivity index (χ1n) is 10.3. The lowest BCUT2D eigenvalue weighted by atomic mass is 10.1. The molecule has 1 N–H and O–H groups in total. The van der Waals surface area contributed by atoms with Crippen LogP contribution in [-0.4, -0.2) is 53.0 Å². The number of nitrogens with zero attached hydrogens (tertiary/aromatic N) is 4. The molecule has 0 unspecified atom stereocenters. The lowest BCUT2D eigenvalue weighted by Gasteiger charge is -2.31. The number of benzene rings is 1. The van der Waals surface area contributed by atoms with Crippen molar-refractivity contribution in [2.24, 2.45) is 0 Å². The minimum Gasteiger partial charge on any atom is -0.344 e. The molecule has 1 aliphatic rings. The van der Waals surface area contributed by atoms with Crippen molar-refractivity contribution in [1.29, 1.82) is 0 Å². The molecule has 4 rings (SSSR count). The predicted octanol–water partition coefficient (Wildman–Crippen LogP) is 2.18. The minimum absolute atomic E-state index is 0.202. The zero-order valence-electron chi connectivity index (χ0n) is 17.4. The van der Waals surface area contributed by atoms with Crippen molar-refractivity contribution in [3.05, 3.63) is 76.3 Å². The van der Waals surface area contributed by atoms with Gasteiger partial charge in [-0.05, 0) is 37.6 Å². The van der Waals surface area contributed by atoms with Gasteiger partial charge in [-0.2, -0.15) is 0 Å². The molecule has 30 heavy (non-hydrogen) atoms. The van der Waals surface area contributed by atoms with Gasteiger partial charge >= 0.3 is 0 Å². The number of nitrogens with one attached hydrogen (secondary N) is 1. The van der Waals surface area contributed by atoms with E-state index in [0.717, 1.165) is 59.7 Å². The number of hydrogen-bond donors (Lipinski definition) is 1. The second-order valence-corrected chi connectivity index (χ2v) is 8.26. The molecule has 0 bridgehead atoms. The molecule has 0 atom stereocenters. The first-order chi connectivity index (χ1) is 14.5. The summed E-state index contributed by atoms with van der Waals surface area (Å²) in [5.41, 5.74) is 3.97. The number of hydrogen-bond acceptors (Lipinski definition) is 4. The summed E-state index contributed by atoms with van der Waals surface area (Å²) in [6, 6.07) is 11.7. The normalized spacial score (nSPS) is 14.8. The van der Waals surface area contributed by atoms with Crippen LogP contribution in [0.4, 0.5) is 5.95 Å². The van der Waals surface area contributed by atoms with Crippen molar-refractivity contribution in [3.8, 4) is 0 Å². The van der Waals surface area contributed by atoms with Crippen LogP contribution in [0.15, 0.2) is 48.8 Å². The van der Waals surface area contributed by atoms with Crippen molar-refractivity contribution in [3.63, 3.8) is 0 Å². The summed E-state index contributed by atoms with van der Waals surface area (Å²) in [6.45, 7) is 8.79. The van der Waals surface area contributed by atoms with Crippen LogP contribution in [0, 0.1) is 13.8 Å². The lowest BCUT2D eigenvalue weighted by molar-refractivity contribution is -0.892. The van der Waals surface area contributed by atoms with Crippen LogP contribution in [0.5, 0.6) is 0 Å². The molecule has 2 aromatic heterocycles. The zero-order valence-corrected chi connectivity index (χ0v) is 18.2. The number of piperazine rings is 1. The van der Waals surface area contributed by atoms with Crippen LogP contribution in [0.25, 0.3) is 0 Å². The molecule has 3 aromatic rings. The Kier molecular flexibility index (Phi) is 6.16. The highest BCUT2D eigenvalue weighted by atomic mass is 35.5. The summed E-state index contributed by atoms with van der Waals surface area (Å²) < 4.78 is 2.18. The molecule has 7 heteroatoms. The summed E-state index contributed by atoms with van der Waals surface area (Å²) in [4.78, 5) is 25.2. The number of aryl methyl sites for hydroxylation is 1. The van der Waals surface area contributed by atoms with Gasteiger partial charge in [-0.25, -0.2) is 9.97 Å². The Labute approximate surface area is 182 Å². The van der Waals surface area contributed by atoms with Gasteiger partial charge in [0.25, 0.3) is 0 Å². The Bertz CT molecular complexity index is 1030. The van der Waals surface area contributed by atoms with Gasteiger partial charge in [0, 0.05) is 40.9 Å². The second kappa shape index (κ2) is 8.98. The van der Waals surface area contributed by atoms with Gasteiger partial charge < -0.3 is 14.4 Å². The molecule has 0 radical (unpaired) electrons. The molecular formula is C23H27ClN5O+. The molecule has 3 heterocycles. The van der Waals surface area contributed by atoms with Gasteiger partial charge in [-0.3, -0.25) is 4.79 Å². The van der Waals surface area contributed by atoms with Gasteiger partial charge in [-0.1, -0.05) is 29.8 Å². The molecule has 0 saturated carbocycles. The zero-order chi connectivity index (χ0) is 21.1. The average molecular weight is 425 g/mol. The van der Waals surface area contributed by atoms with E-state index in [9.17, 15) is 4.79 Å². The molecule has 1 aliphatic heterocycles. The smallest absolute Gasteiger partial charge is 0.225 e. The monoisotopic (exact) mass is 424 g/mol. The number of halogens is 1. The third-order valence-electron chi connectivity index (χ3n) is 5.88. The largest absolute Gasteiger partial charge is 0.344 e. The highest BCUT2D eigenvalue weighted by molar-refractivity contribution is 6.31. The van der Waals surface area contributed by atoms with E-state index in [1.54, 1.807) is 12.4 Å². The third-order valence-corrected chi connectivity index (χ3v) is 6.25. The van der Waals surface area contributed by atoms with E-state index in [4.69, 9.17) is 11.6 Å². The Morgan fingerprint density at radius 2 is 1.80 bits per heavy atom. The highest BCUT2D eigenvalue weighted by Gasteiger charge is 2.25. The van der Waals surface area contributed by atoms with E-state index in [1.807, 2.05) is 50.2 Å². The maximum atomic E-state index is 13.1. The molecule has 1 fully saturated rings. The number of aromatic nitrogens is 3. The van der Waals surface area contributed by atoms with Crippen LogP contribution in [0.2, 0.25) is 5.02 Å². The molecule has 6 nitrogen and oxygen atoms in total. The van der Waals surface area contributed by atoms with E-state index in [2.05, 4.69) is 19.4 Å². The van der Waals surface area contributed by atoms with Crippen molar-refractivity contribution >= 4 is 23.3 Å². The van der Waals surface area contributed by atoms with Gasteiger partial charge in [0.2, 0.25) is 11.7 Å². The molecule has 0 amide bonds. The summed E-state index contributed by atoms with van der Waals surface area (Å²) in [6.07, 6.45) is 3.53. The van der Waals surface area contributed by atoms with Crippen LogP contribution in [0.3, 0.4) is 0 Å². The number of quaternary nitrogens is 1. The maximum Gasteiger partial charge on any atom is 0.225 e. The Balaban J connectivity index is 1.40. The molecule has 156 valence electrons. The van der Waals surface area contributed by atoms with Crippen LogP contribution >= 0.6 is 11.6 Å². The van der Waals surface area contributed by atoms with Crippen LogP contribution in [-0.2, 0) is 6.54 Å². The van der Waals surface area contributed by atoms with Crippen LogP contribution < -0.4 is 9.80 Å². The SMILES string of the molecule is Cc1cc(C(=O)C[NH+]2CCN(c3ncccn3)CC2)c(C)n1Cc1ccccc1Cl. The highest BCUT2D eigenvalue weighted by Crippen LogP contribution is 2.21.